The van der Waals surface area contributed by atoms with Crippen LogP contribution in [-0.2, 0) is 9.53 Å². The van der Waals surface area contributed by atoms with E-state index in [4.69, 9.17) is 4.74 Å². The standard InChI is InChI=1S/C19H23N3O5/c1-19(2,3)27-15(23)11-21-9-12(20(4)18(21)26)10-22-16(24)13-7-5-6-8-14(13)17(22)25/h5-8,12H,9-11H2,1-4H3. The third-order valence-electron chi connectivity index (χ3n) is 4.56. The molecule has 0 aliphatic carbocycles. The van der Waals surface area contributed by atoms with Gasteiger partial charge in [0.2, 0.25) is 0 Å². The molecule has 1 aromatic rings. The highest BCUT2D eigenvalue weighted by Crippen LogP contribution is 2.25. The van der Waals surface area contributed by atoms with Crippen LogP contribution < -0.4 is 0 Å². The van der Waals surface area contributed by atoms with Gasteiger partial charge in [0.25, 0.3) is 11.8 Å². The summed E-state index contributed by atoms with van der Waals surface area (Å²) >= 11 is 0. The lowest BCUT2D eigenvalue weighted by molar-refractivity contribution is -0.155. The largest absolute Gasteiger partial charge is 0.459 e. The molecular weight excluding hydrogens is 350 g/mol. The van der Waals surface area contributed by atoms with Gasteiger partial charge < -0.3 is 14.5 Å². The topological polar surface area (TPSA) is 87.2 Å². The summed E-state index contributed by atoms with van der Waals surface area (Å²) in [6.07, 6.45) is 0. The normalized spacial score (nSPS) is 19.8. The van der Waals surface area contributed by atoms with Crippen molar-refractivity contribution in [3.8, 4) is 0 Å². The summed E-state index contributed by atoms with van der Waals surface area (Å²) in [5, 5.41) is 0. The van der Waals surface area contributed by atoms with E-state index >= 15 is 0 Å². The number of likely N-dealkylation sites (N-methyl/N-ethyl adjacent to an activating group) is 1. The Morgan fingerprint density at radius 1 is 1.11 bits per heavy atom. The second-order valence-electron chi connectivity index (χ2n) is 7.78. The molecule has 1 atom stereocenters. The highest BCUT2D eigenvalue weighted by molar-refractivity contribution is 6.21. The van der Waals surface area contributed by atoms with Gasteiger partial charge in [-0.3, -0.25) is 19.3 Å². The van der Waals surface area contributed by atoms with Crippen LogP contribution in [0.4, 0.5) is 4.79 Å². The van der Waals surface area contributed by atoms with Crippen LogP contribution in [0.2, 0.25) is 0 Å². The molecule has 1 aromatic carbocycles. The number of hydrogen-bond acceptors (Lipinski definition) is 5. The number of carbonyl (C=O) groups is 4. The van der Waals surface area contributed by atoms with Crippen LogP contribution in [0.3, 0.4) is 0 Å². The van der Waals surface area contributed by atoms with Crippen LogP contribution in [0.15, 0.2) is 24.3 Å². The first-order valence-corrected chi connectivity index (χ1v) is 8.77. The summed E-state index contributed by atoms with van der Waals surface area (Å²) in [6, 6.07) is 5.94. The van der Waals surface area contributed by atoms with Crippen molar-refractivity contribution in [2.75, 3.05) is 26.7 Å². The first kappa shape index (κ1) is 18.9. The molecule has 0 radical (unpaired) electrons. The van der Waals surface area contributed by atoms with Crippen molar-refractivity contribution in [1.29, 1.82) is 0 Å². The summed E-state index contributed by atoms with van der Waals surface area (Å²) < 4.78 is 5.26. The molecule has 0 saturated carbocycles. The van der Waals surface area contributed by atoms with E-state index in [2.05, 4.69) is 0 Å². The zero-order valence-corrected chi connectivity index (χ0v) is 15.9. The fourth-order valence-corrected chi connectivity index (χ4v) is 3.29. The maximum atomic E-state index is 12.5. The predicted molar refractivity (Wildman–Crippen MR) is 96.2 cm³/mol. The van der Waals surface area contributed by atoms with Gasteiger partial charge in [0.1, 0.15) is 12.1 Å². The molecular formula is C19H23N3O5. The molecule has 1 saturated heterocycles. The van der Waals surface area contributed by atoms with Crippen molar-refractivity contribution in [3.05, 3.63) is 35.4 Å². The minimum Gasteiger partial charge on any atom is -0.459 e. The average molecular weight is 373 g/mol. The first-order chi connectivity index (χ1) is 12.6. The molecule has 8 heteroatoms. The zero-order valence-electron chi connectivity index (χ0n) is 15.9. The average Bonchev–Trinajstić information content (AvgIpc) is 2.97. The fourth-order valence-electron chi connectivity index (χ4n) is 3.29. The van der Waals surface area contributed by atoms with Crippen LogP contribution >= 0.6 is 0 Å². The van der Waals surface area contributed by atoms with Gasteiger partial charge in [-0.25, -0.2) is 4.79 Å². The Hall–Kier alpha value is -2.90. The Morgan fingerprint density at radius 2 is 1.67 bits per heavy atom. The fraction of sp³-hybridized carbons (Fsp3) is 0.474. The van der Waals surface area contributed by atoms with Crippen molar-refractivity contribution >= 4 is 23.8 Å². The van der Waals surface area contributed by atoms with E-state index in [0.29, 0.717) is 11.1 Å². The monoisotopic (exact) mass is 373 g/mol. The molecule has 0 N–H and O–H groups in total. The van der Waals surface area contributed by atoms with Crippen molar-refractivity contribution in [2.24, 2.45) is 0 Å². The van der Waals surface area contributed by atoms with E-state index in [1.54, 1.807) is 52.1 Å². The third-order valence-corrected chi connectivity index (χ3v) is 4.56. The van der Waals surface area contributed by atoms with E-state index in [-0.39, 0.29) is 43.5 Å². The smallest absolute Gasteiger partial charge is 0.326 e. The Morgan fingerprint density at radius 3 is 2.19 bits per heavy atom. The Balaban J connectivity index is 1.67. The van der Waals surface area contributed by atoms with Crippen LogP contribution in [-0.4, -0.2) is 76.8 Å². The Kier molecular flexibility index (Phi) is 4.67. The minimum absolute atomic E-state index is 0.0827. The lowest BCUT2D eigenvalue weighted by Gasteiger charge is -2.22. The molecule has 2 aliphatic heterocycles. The van der Waals surface area contributed by atoms with Crippen molar-refractivity contribution in [2.45, 2.75) is 32.4 Å². The number of urea groups is 1. The van der Waals surface area contributed by atoms with E-state index in [1.807, 2.05) is 0 Å². The van der Waals surface area contributed by atoms with Crippen LogP contribution in [0.1, 0.15) is 41.5 Å². The molecule has 3 rings (SSSR count). The van der Waals surface area contributed by atoms with Crippen molar-refractivity contribution < 1.29 is 23.9 Å². The predicted octanol–water partition coefficient (Wildman–Crippen LogP) is 1.36. The van der Waals surface area contributed by atoms with Gasteiger partial charge in [0.15, 0.2) is 0 Å². The van der Waals surface area contributed by atoms with E-state index in [9.17, 15) is 19.2 Å². The van der Waals surface area contributed by atoms with Crippen LogP contribution in [0.25, 0.3) is 0 Å². The summed E-state index contributed by atoms with van der Waals surface area (Å²) in [7, 11) is 1.60. The molecule has 8 nitrogen and oxygen atoms in total. The summed E-state index contributed by atoms with van der Waals surface area (Å²) in [4.78, 5) is 53.5. The molecule has 2 heterocycles. The molecule has 0 bridgehead atoms. The maximum Gasteiger partial charge on any atom is 0.326 e. The Labute approximate surface area is 157 Å². The molecule has 1 fully saturated rings. The van der Waals surface area contributed by atoms with Gasteiger partial charge in [-0.05, 0) is 32.9 Å². The van der Waals surface area contributed by atoms with Gasteiger partial charge in [0.05, 0.1) is 23.7 Å². The number of benzene rings is 1. The second-order valence-corrected chi connectivity index (χ2v) is 7.78. The summed E-state index contributed by atoms with van der Waals surface area (Å²) in [6.45, 7) is 5.43. The summed E-state index contributed by atoms with van der Waals surface area (Å²) in [5.41, 5.74) is 0.117. The number of carbonyl (C=O) groups excluding carboxylic acids is 4. The number of amides is 4. The zero-order chi connectivity index (χ0) is 19.9. The van der Waals surface area contributed by atoms with E-state index in [1.165, 1.54) is 9.80 Å². The summed E-state index contributed by atoms with van der Waals surface area (Å²) in [5.74, 6) is -1.21. The number of imide groups is 1. The number of rotatable bonds is 4. The molecule has 4 amide bonds. The lowest BCUT2D eigenvalue weighted by Crippen LogP contribution is -2.43. The van der Waals surface area contributed by atoms with Gasteiger partial charge >= 0.3 is 12.0 Å². The second kappa shape index (κ2) is 6.68. The molecule has 1 unspecified atom stereocenters. The van der Waals surface area contributed by atoms with Gasteiger partial charge in [-0.2, -0.15) is 0 Å². The lowest BCUT2D eigenvalue weighted by atomic mass is 10.1. The SMILES string of the molecule is CN1C(=O)N(CC(=O)OC(C)(C)C)CC1CN1C(=O)c2ccccc2C1=O. The highest BCUT2D eigenvalue weighted by atomic mass is 16.6. The molecule has 0 aromatic heterocycles. The Bertz CT molecular complexity index is 779. The first-order valence-electron chi connectivity index (χ1n) is 8.77. The van der Waals surface area contributed by atoms with Crippen molar-refractivity contribution in [3.63, 3.8) is 0 Å². The number of ether oxygens (including phenoxy) is 1. The van der Waals surface area contributed by atoms with Crippen molar-refractivity contribution in [1.82, 2.24) is 14.7 Å². The van der Waals surface area contributed by atoms with Gasteiger partial charge in [-0.1, -0.05) is 12.1 Å². The molecule has 2 aliphatic rings. The van der Waals surface area contributed by atoms with Gasteiger partial charge in [-0.15, -0.1) is 0 Å². The van der Waals surface area contributed by atoms with E-state index in [0.717, 1.165) is 4.90 Å². The van der Waals surface area contributed by atoms with E-state index < -0.39 is 11.6 Å². The molecule has 0 spiro atoms. The number of esters is 1. The van der Waals surface area contributed by atoms with Gasteiger partial charge in [0, 0.05) is 13.6 Å². The van der Waals surface area contributed by atoms with Crippen LogP contribution in [0, 0.1) is 0 Å². The van der Waals surface area contributed by atoms with Crippen LogP contribution in [0.5, 0.6) is 0 Å². The third kappa shape index (κ3) is 3.65. The minimum atomic E-state index is -0.634. The maximum absolute atomic E-state index is 12.5. The number of hydrogen-bond donors (Lipinski definition) is 0. The molecule has 27 heavy (non-hydrogen) atoms. The number of nitrogens with zero attached hydrogens (tertiary/aromatic N) is 3. The highest BCUT2D eigenvalue weighted by Gasteiger charge is 2.42. The number of fused-ring (bicyclic) bond motifs is 1. The quantitative estimate of drug-likeness (QED) is 0.587. The molecule has 144 valence electrons.